The number of nitro groups is 1. The highest BCUT2D eigenvalue weighted by atomic mass is 16.6. The molecule has 0 fully saturated rings. The number of anilines is 1. The van der Waals surface area contributed by atoms with E-state index in [4.69, 9.17) is 5.11 Å². The lowest BCUT2D eigenvalue weighted by Gasteiger charge is -2.09. The lowest BCUT2D eigenvalue weighted by Crippen LogP contribution is -2.07. The van der Waals surface area contributed by atoms with Gasteiger partial charge in [0.2, 0.25) is 0 Å². The zero-order valence-corrected chi connectivity index (χ0v) is 10.3. The molecule has 0 aliphatic carbocycles. The summed E-state index contributed by atoms with van der Waals surface area (Å²) < 4.78 is 0. The summed E-state index contributed by atoms with van der Waals surface area (Å²) in [6.07, 6.45) is 3.25. The maximum absolute atomic E-state index is 11.1. The number of nitrogens with zero attached hydrogens (tertiary/aromatic N) is 2. The molecule has 102 valence electrons. The van der Waals surface area contributed by atoms with E-state index in [1.165, 1.54) is 18.2 Å². The zero-order valence-electron chi connectivity index (χ0n) is 10.3. The fraction of sp³-hybridized carbons (Fsp3) is 0.0769. The average molecular weight is 273 g/mol. The van der Waals surface area contributed by atoms with E-state index in [2.05, 4.69) is 10.3 Å². The first kappa shape index (κ1) is 13.5. The minimum absolute atomic E-state index is 0.0144. The van der Waals surface area contributed by atoms with Crippen molar-refractivity contribution in [2.45, 2.75) is 6.54 Å². The Kier molecular flexibility index (Phi) is 3.90. The van der Waals surface area contributed by atoms with Gasteiger partial charge in [0, 0.05) is 31.1 Å². The van der Waals surface area contributed by atoms with Gasteiger partial charge in [0.15, 0.2) is 0 Å². The molecule has 0 saturated carbocycles. The summed E-state index contributed by atoms with van der Waals surface area (Å²) in [5, 5.41) is 22.7. The molecule has 0 amide bonds. The molecule has 1 heterocycles. The molecule has 0 aliphatic heterocycles. The molecular weight excluding hydrogens is 262 g/mol. The summed E-state index contributed by atoms with van der Waals surface area (Å²) in [5.41, 5.74) is 0.870. The maximum atomic E-state index is 11.1. The third-order valence-corrected chi connectivity index (χ3v) is 2.65. The summed E-state index contributed by atoms with van der Waals surface area (Å²) in [7, 11) is 0. The molecule has 7 nitrogen and oxygen atoms in total. The number of pyridine rings is 1. The Morgan fingerprint density at radius 3 is 2.80 bits per heavy atom. The second-order valence-electron chi connectivity index (χ2n) is 4.01. The molecule has 0 aliphatic rings. The van der Waals surface area contributed by atoms with Crippen molar-refractivity contribution in [3.05, 3.63) is 64.0 Å². The monoisotopic (exact) mass is 273 g/mol. The minimum Gasteiger partial charge on any atom is -0.478 e. The van der Waals surface area contributed by atoms with Gasteiger partial charge < -0.3 is 10.4 Å². The summed E-state index contributed by atoms with van der Waals surface area (Å²) in [5.74, 6) is -1.14. The van der Waals surface area contributed by atoms with Crippen LogP contribution in [-0.2, 0) is 6.54 Å². The molecule has 7 heteroatoms. The van der Waals surface area contributed by atoms with Crippen molar-refractivity contribution in [2.75, 3.05) is 5.32 Å². The van der Waals surface area contributed by atoms with Crippen LogP contribution in [0.4, 0.5) is 11.4 Å². The number of rotatable bonds is 5. The van der Waals surface area contributed by atoms with Gasteiger partial charge in [-0.05, 0) is 17.7 Å². The van der Waals surface area contributed by atoms with Crippen molar-refractivity contribution in [1.29, 1.82) is 0 Å². The smallest absolute Gasteiger partial charge is 0.337 e. The first-order valence-electron chi connectivity index (χ1n) is 5.72. The highest BCUT2D eigenvalue weighted by molar-refractivity contribution is 5.94. The molecule has 0 atom stereocenters. The standard InChI is InChI=1S/C13H11N3O4/c17-13(18)11-4-3-10(16(19)20)6-12(11)15-8-9-2-1-5-14-7-9/h1-7,15H,8H2,(H,17,18). The molecule has 0 spiro atoms. The van der Waals surface area contributed by atoms with Crippen molar-refractivity contribution in [2.24, 2.45) is 0 Å². The summed E-state index contributed by atoms with van der Waals surface area (Å²) in [4.78, 5) is 25.2. The van der Waals surface area contributed by atoms with E-state index in [1.54, 1.807) is 18.5 Å². The summed E-state index contributed by atoms with van der Waals surface area (Å²) >= 11 is 0. The number of nitrogens with one attached hydrogen (secondary N) is 1. The van der Waals surface area contributed by atoms with Gasteiger partial charge in [0.05, 0.1) is 16.2 Å². The molecule has 0 bridgehead atoms. The molecular formula is C13H11N3O4. The summed E-state index contributed by atoms with van der Waals surface area (Å²) in [6, 6.07) is 7.16. The van der Waals surface area contributed by atoms with Crippen LogP contribution in [0.25, 0.3) is 0 Å². The van der Waals surface area contributed by atoms with Gasteiger partial charge in [-0.3, -0.25) is 15.1 Å². The van der Waals surface area contributed by atoms with Crippen LogP contribution in [0.2, 0.25) is 0 Å². The quantitative estimate of drug-likeness (QED) is 0.639. The van der Waals surface area contributed by atoms with Crippen LogP contribution in [-0.4, -0.2) is 21.0 Å². The lowest BCUT2D eigenvalue weighted by atomic mass is 10.1. The number of carboxylic acids is 1. The van der Waals surface area contributed by atoms with E-state index in [9.17, 15) is 14.9 Å². The van der Waals surface area contributed by atoms with Crippen LogP contribution < -0.4 is 5.32 Å². The second kappa shape index (κ2) is 5.79. The molecule has 2 aromatic rings. The zero-order chi connectivity index (χ0) is 14.5. The third-order valence-electron chi connectivity index (χ3n) is 2.65. The van der Waals surface area contributed by atoms with Crippen LogP contribution >= 0.6 is 0 Å². The number of aromatic nitrogens is 1. The van der Waals surface area contributed by atoms with Crippen LogP contribution in [0.15, 0.2) is 42.7 Å². The molecule has 0 saturated heterocycles. The fourth-order valence-corrected chi connectivity index (χ4v) is 1.68. The third kappa shape index (κ3) is 3.08. The van der Waals surface area contributed by atoms with Gasteiger partial charge in [0.1, 0.15) is 0 Å². The molecule has 2 rings (SSSR count). The SMILES string of the molecule is O=C(O)c1ccc([N+](=O)[O-])cc1NCc1cccnc1. The normalized spacial score (nSPS) is 10.0. The molecule has 2 N–H and O–H groups in total. The Morgan fingerprint density at radius 2 is 2.20 bits per heavy atom. The van der Waals surface area contributed by atoms with Crippen molar-refractivity contribution >= 4 is 17.3 Å². The Bertz CT molecular complexity index is 643. The Morgan fingerprint density at radius 1 is 1.40 bits per heavy atom. The number of nitro benzene ring substituents is 1. The highest BCUT2D eigenvalue weighted by Crippen LogP contribution is 2.23. The molecule has 1 aromatic heterocycles. The van der Waals surface area contributed by atoms with Crippen LogP contribution in [0.3, 0.4) is 0 Å². The Hall–Kier alpha value is -2.96. The van der Waals surface area contributed by atoms with Gasteiger partial charge in [0.25, 0.3) is 5.69 Å². The fourth-order valence-electron chi connectivity index (χ4n) is 1.68. The average Bonchev–Trinajstić information content (AvgIpc) is 2.45. The topological polar surface area (TPSA) is 105 Å². The van der Waals surface area contributed by atoms with E-state index in [0.717, 1.165) is 5.56 Å². The van der Waals surface area contributed by atoms with Crippen LogP contribution in [0.1, 0.15) is 15.9 Å². The van der Waals surface area contributed by atoms with Gasteiger partial charge in [-0.15, -0.1) is 0 Å². The lowest BCUT2D eigenvalue weighted by molar-refractivity contribution is -0.384. The van der Waals surface area contributed by atoms with Crippen molar-refractivity contribution < 1.29 is 14.8 Å². The predicted molar refractivity (Wildman–Crippen MR) is 71.6 cm³/mol. The summed E-state index contributed by atoms with van der Waals surface area (Å²) in [6.45, 7) is 0.329. The number of carbonyl (C=O) groups is 1. The minimum atomic E-state index is -1.14. The number of hydrogen-bond donors (Lipinski definition) is 2. The van der Waals surface area contributed by atoms with E-state index in [-0.39, 0.29) is 16.9 Å². The van der Waals surface area contributed by atoms with Gasteiger partial charge in [-0.1, -0.05) is 6.07 Å². The number of benzene rings is 1. The van der Waals surface area contributed by atoms with Gasteiger partial charge >= 0.3 is 5.97 Å². The molecule has 1 aromatic carbocycles. The van der Waals surface area contributed by atoms with Crippen molar-refractivity contribution in [3.63, 3.8) is 0 Å². The number of hydrogen-bond acceptors (Lipinski definition) is 5. The number of aromatic carboxylic acids is 1. The highest BCUT2D eigenvalue weighted by Gasteiger charge is 2.15. The Balaban J connectivity index is 2.26. The first-order valence-corrected chi connectivity index (χ1v) is 5.72. The van der Waals surface area contributed by atoms with Crippen molar-refractivity contribution in [1.82, 2.24) is 4.98 Å². The Labute approximate surface area is 114 Å². The number of non-ortho nitro benzene ring substituents is 1. The van der Waals surface area contributed by atoms with Crippen LogP contribution in [0, 0.1) is 10.1 Å². The van der Waals surface area contributed by atoms with E-state index in [1.807, 2.05) is 6.07 Å². The van der Waals surface area contributed by atoms with Crippen molar-refractivity contribution in [3.8, 4) is 0 Å². The van der Waals surface area contributed by atoms with E-state index >= 15 is 0 Å². The maximum Gasteiger partial charge on any atom is 0.337 e. The predicted octanol–water partition coefficient (Wildman–Crippen LogP) is 2.30. The number of carboxylic acid groups (broad SMARTS) is 1. The van der Waals surface area contributed by atoms with E-state index < -0.39 is 10.9 Å². The van der Waals surface area contributed by atoms with Gasteiger partial charge in [-0.2, -0.15) is 0 Å². The molecule has 0 unspecified atom stereocenters. The molecule has 20 heavy (non-hydrogen) atoms. The van der Waals surface area contributed by atoms with Crippen LogP contribution in [0.5, 0.6) is 0 Å². The molecule has 0 radical (unpaired) electrons. The second-order valence-corrected chi connectivity index (χ2v) is 4.01. The first-order chi connectivity index (χ1) is 9.58. The largest absolute Gasteiger partial charge is 0.478 e. The van der Waals surface area contributed by atoms with E-state index in [0.29, 0.717) is 6.54 Å². The van der Waals surface area contributed by atoms with Gasteiger partial charge in [-0.25, -0.2) is 4.79 Å².